The van der Waals surface area contributed by atoms with E-state index >= 15 is 0 Å². The lowest BCUT2D eigenvalue weighted by molar-refractivity contribution is 0.0940. The molecule has 6 heteroatoms. The van der Waals surface area contributed by atoms with Crippen molar-refractivity contribution in [2.24, 2.45) is 5.73 Å². The molecule has 0 fully saturated rings. The lowest BCUT2D eigenvalue weighted by atomic mass is 10.1. The molecule has 20 heavy (non-hydrogen) atoms. The molecular weight excluding hydrogens is 320 g/mol. The first kappa shape index (κ1) is 14.7. The summed E-state index contributed by atoms with van der Waals surface area (Å²) in [5.74, 6) is -0.225. The Morgan fingerprint density at radius 1 is 1.45 bits per heavy atom. The Balaban J connectivity index is 2.11. The third-order valence-electron chi connectivity index (χ3n) is 2.60. The molecule has 0 spiro atoms. The highest BCUT2D eigenvalue weighted by Gasteiger charge is 2.15. The topological polar surface area (TPSA) is 72.9 Å². The molecule has 1 heterocycles. The highest BCUT2D eigenvalue weighted by molar-refractivity contribution is 9.10. The number of hydrogen-bond donors (Lipinski definition) is 2. The molecule has 5 nitrogen and oxygen atoms in total. The van der Waals surface area contributed by atoms with Crippen LogP contribution in [0.1, 0.15) is 24.3 Å². The zero-order valence-corrected chi connectivity index (χ0v) is 13.0. The van der Waals surface area contributed by atoms with E-state index in [2.05, 4.69) is 26.3 Å². The third-order valence-corrected chi connectivity index (χ3v) is 3.09. The lowest BCUT2D eigenvalue weighted by Gasteiger charge is -2.18. The molecule has 0 bridgehead atoms. The van der Waals surface area contributed by atoms with Crippen molar-refractivity contribution < 1.29 is 4.79 Å². The summed E-state index contributed by atoms with van der Waals surface area (Å²) in [5, 5.41) is 7.03. The monoisotopic (exact) mass is 336 g/mol. The van der Waals surface area contributed by atoms with Crippen LogP contribution in [0, 0.1) is 0 Å². The number of carbonyl (C=O) groups is 1. The molecule has 1 aromatic heterocycles. The number of nitrogens with one attached hydrogen (secondary N) is 1. The molecule has 2 rings (SSSR count). The second-order valence-corrected chi connectivity index (χ2v) is 6.21. The lowest BCUT2D eigenvalue weighted by Crippen LogP contribution is -2.45. The van der Waals surface area contributed by atoms with Crippen molar-refractivity contribution in [2.45, 2.75) is 19.4 Å². The van der Waals surface area contributed by atoms with E-state index < -0.39 is 5.54 Å². The molecule has 0 saturated heterocycles. The van der Waals surface area contributed by atoms with Crippen LogP contribution in [-0.2, 0) is 0 Å². The van der Waals surface area contributed by atoms with E-state index in [4.69, 9.17) is 5.73 Å². The van der Waals surface area contributed by atoms with Crippen LogP contribution in [-0.4, -0.2) is 27.8 Å². The van der Waals surface area contributed by atoms with Crippen molar-refractivity contribution in [1.29, 1.82) is 0 Å². The van der Waals surface area contributed by atoms with Gasteiger partial charge in [-0.2, -0.15) is 5.10 Å². The first-order valence-electron chi connectivity index (χ1n) is 6.24. The van der Waals surface area contributed by atoms with Crippen LogP contribution in [0.2, 0.25) is 0 Å². The van der Waals surface area contributed by atoms with Crippen LogP contribution in [0.5, 0.6) is 0 Å². The largest absolute Gasteiger partial charge is 0.349 e. The van der Waals surface area contributed by atoms with Gasteiger partial charge in [-0.15, -0.1) is 0 Å². The fourth-order valence-electron chi connectivity index (χ4n) is 1.61. The van der Waals surface area contributed by atoms with E-state index in [-0.39, 0.29) is 5.91 Å². The Kier molecular flexibility index (Phi) is 4.25. The van der Waals surface area contributed by atoms with Crippen molar-refractivity contribution in [3.63, 3.8) is 0 Å². The maximum absolute atomic E-state index is 12.0. The van der Waals surface area contributed by atoms with Gasteiger partial charge in [0.25, 0.3) is 5.91 Å². The number of benzene rings is 1. The fraction of sp³-hybridized carbons (Fsp3) is 0.286. The summed E-state index contributed by atoms with van der Waals surface area (Å²) in [5.41, 5.74) is 6.64. The first-order chi connectivity index (χ1) is 9.35. The number of nitrogens with zero attached hydrogens (tertiary/aromatic N) is 2. The van der Waals surface area contributed by atoms with Crippen LogP contribution in [0.15, 0.2) is 41.0 Å². The van der Waals surface area contributed by atoms with Crippen molar-refractivity contribution in [3.05, 3.63) is 46.7 Å². The van der Waals surface area contributed by atoms with E-state index in [0.29, 0.717) is 12.2 Å². The summed E-state index contributed by atoms with van der Waals surface area (Å²) in [4.78, 5) is 12.0. The van der Waals surface area contributed by atoms with Crippen molar-refractivity contribution in [1.82, 2.24) is 15.1 Å². The van der Waals surface area contributed by atoms with E-state index in [0.717, 1.165) is 10.2 Å². The Morgan fingerprint density at radius 3 is 2.85 bits per heavy atom. The average molecular weight is 337 g/mol. The molecule has 0 aliphatic rings. The molecule has 0 aliphatic carbocycles. The van der Waals surface area contributed by atoms with E-state index in [9.17, 15) is 4.79 Å². The molecule has 0 saturated carbocycles. The molecule has 0 aliphatic heterocycles. The molecule has 0 unspecified atom stereocenters. The average Bonchev–Trinajstić information content (AvgIpc) is 2.84. The minimum absolute atomic E-state index is 0.225. The van der Waals surface area contributed by atoms with Gasteiger partial charge in [-0.1, -0.05) is 22.0 Å². The summed E-state index contributed by atoms with van der Waals surface area (Å²) in [7, 11) is 0. The standard InChI is InChI=1S/C14H17BrN4O/c1-14(2,16)9-17-13(20)12-6-7-19(18-12)11-5-3-4-10(15)8-11/h3-8H,9,16H2,1-2H3,(H,17,20). The molecule has 0 radical (unpaired) electrons. The number of amides is 1. The van der Waals surface area contributed by atoms with Crippen molar-refractivity contribution in [3.8, 4) is 5.69 Å². The minimum Gasteiger partial charge on any atom is -0.349 e. The molecule has 2 aromatic rings. The Labute approximate surface area is 126 Å². The zero-order chi connectivity index (χ0) is 14.8. The third kappa shape index (κ3) is 3.91. The van der Waals surface area contributed by atoms with Gasteiger partial charge in [0.15, 0.2) is 5.69 Å². The predicted molar refractivity (Wildman–Crippen MR) is 81.9 cm³/mol. The van der Waals surface area contributed by atoms with Crippen LogP contribution in [0.25, 0.3) is 5.69 Å². The molecule has 106 valence electrons. The van der Waals surface area contributed by atoms with E-state index in [1.54, 1.807) is 16.9 Å². The Morgan fingerprint density at radius 2 is 2.20 bits per heavy atom. The van der Waals surface area contributed by atoms with Gasteiger partial charge in [-0.05, 0) is 38.1 Å². The smallest absolute Gasteiger partial charge is 0.271 e. The van der Waals surface area contributed by atoms with Crippen LogP contribution >= 0.6 is 15.9 Å². The number of hydrogen-bond acceptors (Lipinski definition) is 3. The van der Waals surface area contributed by atoms with Crippen molar-refractivity contribution in [2.75, 3.05) is 6.54 Å². The molecule has 1 aromatic carbocycles. The van der Waals surface area contributed by atoms with Gasteiger partial charge in [-0.3, -0.25) is 4.79 Å². The summed E-state index contributed by atoms with van der Waals surface area (Å²) >= 11 is 3.41. The van der Waals surface area contributed by atoms with E-state index in [1.807, 2.05) is 38.1 Å². The maximum atomic E-state index is 12.0. The number of halogens is 1. The second kappa shape index (κ2) is 5.76. The van der Waals surface area contributed by atoms with Gasteiger partial charge in [0, 0.05) is 22.8 Å². The number of aromatic nitrogens is 2. The van der Waals surface area contributed by atoms with Gasteiger partial charge in [0.05, 0.1) is 5.69 Å². The van der Waals surface area contributed by atoms with Crippen molar-refractivity contribution >= 4 is 21.8 Å². The Hall–Kier alpha value is -1.66. The van der Waals surface area contributed by atoms with Gasteiger partial charge in [0.1, 0.15) is 0 Å². The molecule has 3 N–H and O–H groups in total. The van der Waals surface area contributed by atoms with E-state index in [1.165, 1.54) is 0 Å². The van der Waals surface area contributed by atoms with Crippen LogP contribution in [0.4, 0.5) is 0 Å². The van der Waals surface area contributed by atoms with Gasteiger partial charge in [-0.25, -0.2) is 4.68 Å². The van der Waals surface area contributed by atoms with Gasteiger partial charge >= 0.3 is 0 Å². The maximum Gasteiger partial charge on any atom is 0.271 e. The highest BCUT2D eigenvalue weighted by atomic mass is 79.9. The number of carbonyl (C=O) groups excluding carboxylic acids is 1. The van der Waals surface area contributed by atoms with Crippen LogP contribution < -0.4 is 11.1 Å². The highest BCUT2D eigenvalue weighted by Crippen LogP contribution is 2.15. The van der Waals surface area contributed by atoms with Gasteiger partial charge in [0.2, 0.25) is 0 Å². The second-order valence-electron chi connectivity index (χ2n) is 5.30. The number of rotatable bonds is 4. The quantitative estimate of drug-likeness (QED) is 0.897. The fourth-order valence-corrected chi connectivity index (χ4v) is 1.99. The SMILES string of the molecule is CC(C)(N)CNC(=O)c1ccn(-c2cccc(Br)c2)n1. The predicted octanol–water partition coefficient (Wildman–Crippen LogP) is 2.10. The van der Waals surface area contributed by atoms with Crippen LogP contribution in [0.3, 0.4) is 0 Å². The zero-order valence-electron chi connectivity index (χ0n) is 11.4. The normalized spacial score (nSPS) is 11.4. The first-order valence-corrected chi connectivity index (χ1v) is 7.03. The summed E-state index contributed by atoms with van der Waals surface area (Å²) in [6.45, 7) is 4.11. The summed E-state index contributed by atoms with van der Waals surface area (Å²) in [6.07, 6.45) is 1.75. The minimum atomic E-state index is -0.442. The molecular formula is C14H17BrN4O. The Bertz CT molecular complexity index is 616. The summed E-state index contributed by atoms with van der Waals surface area (Å²) < 4.78 is 2.62. The van der Waals surface area contributed by atoms with Gasteiger partial charge < -0.3 is 11.1 Å². The molecule has 1 amide bonds. The number of nitrogens with two attached hydrogens (primary N) is 1. The summed E-state index contributed by atoms with van der Waals surface area (Å²) in [6, 6.07) is 9.38. The molecule has 0 atom stereocenters.